The highest BCUT2D eigenvalue weighted by molar-refractivity contribution is 6.00. The average Bonchev–Trinajstić information content (AvgIpc) is 3.11. The molecule has 124 valence electrons. The Bertz CT molecular complexity index is 1130. The van der Waals surface area contributed by atoms with Gasteiger partial charge < -0.3 is 5.32 Å². The van der Waals surface area contributed by atoms with E-state index in [2.05, 4.69) is 25.8 Å². The lowest BCUT2D eigenvalue weighted by atomic mass is 10.2. The maximum Gasteiger partial charge on any atom is 0.277 e. The molecule has 0 aliphatic carbocycles. The average molecular weight is 334 g/mol. The fourth-order valence-corrected chi connectivity index (χ4v) is 2.66. The Kier molecular flexibility index (Phi) is 3.70. The number of aryl methyl sites for hydroxylation is 1. The van der Waals surface area contributed by atoms with E-state index in [-0.39, 0.29) is 24.4 Å². The zero-order chi connectivity index (χ0) is 17.2. The molecule has 4 aromatic rings. The zero-order valence-corrected chi connectivity index (χ0v) is 13.1. The van der Waals surface area contributed by atoms with Gasteiger partial charge in [0.15, 0.2) is 0 Å². The number of carbonyl (C=O) groups excluding carboxylic acids is 1. The molecule has 8 heteroatoms. The molecule has 2 aromatic carbocycles. The van der Waals surface area contributed by atoms with Gasteiger partial charge in [0, 0.05) is 11.8 Å². The fourth-order valence-electron chi connectivity index (χ4n) is 2.66. The lowest BCUT2D eigenvalue weighted by molar-refractivity contribution is -0.116. The van der Waals surface area contributed by atoms with Gasteiger partial charge in [0.2, 0.25) is 5.91 Å². The summed E-state index contributed by atoms with van der Waals surface area (Å²) in [5.74, 6) is -0.219. The van der Waals surface area contributed by atoms with E-state index in [9.17, 15) is 9.59 Å². The Morgan fingerprint density at radius 3 is 2.96 bits per heavy atom. The van der Waals surface area contributed by atoms with E-state index in [0.717, 1.165) is 10.9 Å². The number of nitrogens with one attached hydrogen (secondary N) is 2. The molecular weight excluding hydrogens is 320 g/mol. The molecule has 2 aromatic heterocycles. The second-order valence-electron chi connectivity index (χ2n) is 5.57. The monoisotopic (exact) mass is 334 g/mol. The number of hydrogen-bond donors (Lipinski definition) is 2. The summed E-state index contributed by atoms with van der Waals surface area (Å²) in [6.07, 6.45) is 1.80. The van der Waals surface area contributed by atoms with Gasteiger partial charge in [-0.2, -0.15) is 5.10 Å². The first-order valence-corrected chi connectivity index (χ1v) is 7.77. The predicted molar refractivity (Wildman–Crippen MR) is 93.1 cm³/mol. The molecule has 4 rings (SSSR count). The smallest absolute Gasteiger partial charge is 0.277 e. The maximum absolute atomic E-state index is 12.4. The van der Waals surface area contributed by atoms with Crippen LogP contribution in [0.25, 0.3) is 21.8 Å². The molecule has 0 bridgehead atoms. The van der Waals surface area contributed by atoms with E-state index in [1.54, 1.807) is 36.5 Å². The van der Waals surface area contributed by atoms with Gasteiger partial charge in [-0.3, -0.25) is 14.7 Å². The second kappa shape index (κ2) is 6.16. The van der Waals surface area contributed by atoms with Gasteiger partial charge in [-0.15, -0.1) is 5.10 Å². The van der Waals surface area contributed by atoms with Crippen molar-refractivity contribution in [3.05, 3.63) is 59.0 Å². The number of para-hydroxylation sites is 1. The van der Waals surface area contributed by atoms with E-state index >= 15 is 0 Å². The van der Waals surface area contributed by atoms with Gasteiger partial charge in [0.25, 0.3) is 5.56 Å². The first kappa shape index (κ1) is 15.0. The van der Waals surface area contributed by atoms with E-state index in [4.69, 9.17) is 0 Å². The standard InChI is InChI=1S/C17H14N6O2/c24-15(19-14-7-3-4-11-10-18-21-16(11)14)8-9-23-17(25)12-5-1-2-6-13(12)20-22-23/h1-7,10H,8-9H2,(H,18,21)(H,19,24). The van der Waals surface area contributed by atoms with Crippen LogP contribution < -0.4 is 10.9 Å². The molecule has 2 N–H and O–H groups in total. The van der Waals surface area contributed by atoms with Crippen LogP contribution in [-0.4, -0.2) is 31.1 Å². The van der Waals surface area contributed by atoms with Crippen LogP contribution in [0.1, 0.15) is 6.42 Å². The lowest BCUT2D eigenvalue weighted by Gasteiger charge is -2.07. The highest BCUT2D eigenvalue weighted by Gasteiger charge is 2.10. The van der Waals surface area contributed by atoms with Crippen LogP contribution in [0, 0.1) is 0 Å². The van der Waals surface area contributed by atoms with Gasteiger partial charge in [-0.25, -0.2) is 4.68 Å². The number of aromatic amines is 1. The van der Waals surface area contributed by atoms with Gasteiger partial charge in [-0.05, 0) is 18.2 Å². The summed E-state index contributed by atoms with van der Waals surface area (Å²) < 4.78 is 1.21. The van der Waals surface area contributed by atoms with Crippen molar-refractivity contribution in [2.75, 3.05) is 5.32 Å². The van der Waals surface area contributed by atoms with Crippen molar-refractivity contribution in [1.29, 1.82) is 0 Å². The van der Waals surface area contributed by atoms with Gasteiger partial charge in [0.1, 0.15) is 5.52 Å². The zero-order valence-electron chi connectivity index (χ0n) is 13.1. The van der Waals surface area contributed by atoms with Crippen molar-refractivity contribution in [2.24, 2.45) is 0 Å². The molecule has 0 saturated carbocycles. The molecule has 8 nitrogen and oxygen atoms in total. The third-order valence-electron chi connectivity index (χ3n) is 3.93. The second-order valence-corrected chi connectivity index (χ2v) is 5.57. The number of H-pyrrole nitrogens is 1. The topological polar surface area (TPSA) is 106 Å². The highest BCUT2D eigenvalue weighted by atomic mass is 16.2. The van der Waals surface area contributed by atoms with Crippen molar-refractivity contribution in [2.45, 2.75) is 13.0 Å². The van der Waals surface area contributed by atoms with Gasteiger partial charge in [0.05, 0.1) is 29.3 Å². The minimum atomic E-state index is -0.255. The summed E-state index contributed by atoms with van der Waals surface area (Å²) >= 11 is 0. The number of amides is 1. The number of fused-ring (bicyclic) bond motifs is 2. The molecule has 2 heterocycles. The summed E-state index contributed by atoms with van der Waals surface area (Å²) in [7, 11) is 0. The van der Waals surface area contributed by atoms with Crippen molar-refractivity contribution < 1.29 is 4.79 Å². The van der Waals surface area contributed by atoms with E-state index in [1.807, 2.05) is 12.1 Å². The summed E-state index contributed by atoms with van der Waals surface area (Å²) in [6.45, 7) is 0.154. The Labute approximate surface area is 141 Å². The molecule has 0 unspecified atom stereocenters. The number of anilines is 1. The summed E-state index contributed by atoms with van der Waals surface area (Å²) in [4.78, 5) is 24.6. The number of hydrogen-bond acceptors (Lipinski definition) is 5. The van der Waals surface area contributed by atoms with Crippen LogP contribution in [0.2, 0.25) is 0 Å². The first-order chi connectivity index (χ1) is 12.2. The third-order valence-corrected chi connectivity index (χ3v) is 3.93. The minimum Gasteiger partial charge on any atom is -0.324 e. The number of rotatable bonds is 4. The van der Waals surface area contributed by atoms with Crippen LogP contribution in [0.3, 0.4) is 0 Å². The molecule has 1 amide bonds. The number of nitrogens with zero attached hydrogens (tertiary/aromatic N) is 4. The summed E-state index contributed by atoms with van der Waals surface area (Å²) in [5, 5.41) is 18.9. The first-order valence-electron chi connectivity index (χ1n) is 7.77. The molecule has 0 fully saturated rings. The molecular formula is C17H14N6O2. The Morgan fingerprint density at radius 2 is 2.04 bits per heavy atom. The van der Waals surface area contributed by atoms with Crippen molar-refractivity contribution >= 4 is 33.4 Å². The number of aromatic nitrogens is 5. The molecule has 0 spiro atoms. The van der Waals surface area contributed by atoms with Crippen molar-refractivity contribution in [3.63, 3.8) is 0 Å². The van der Waals surface area contributed by atoms with Crippen LogP contribution >= 0.6 is 0 Å². The molecule has 0 aliphatic rings. The summed E-state index contributed by atoms with van der Waals surface area (Å²) in [6, 6.07) is 12.5. The predicted octanol–water partition coefficient (Wildman–Crippen LogP) is 1.70. The largest absolute Gasteiger partial charge is 0.324 e. The van der Waals surface area contributed by atoms with Crippen molar-refractivity contribution in [3.8, 4) is 0 Å². The molecule has 0 saturated heterocycles. The van der Waals surface area contributed by atoms with Crippen LogP contribution in [0.5, 0.6) is 0 Å². The van der Waals surface area contributed by atoms with Crippen LogP contribution in [-0.2, 0) is 11.3 Å². The highest BCUT2D eigenvalue weighted by Crippen LogP contribution is 2.20. The number of carbonyl (C=O) groups is 1. The normalized spacial score (nSPS) is 11.0. The van der Waals surface area contributed by atoms with Gasteiger partial charge >= 0.3 is 0 Å². The molecule has 0 radical (unpaired) electrons. The van der Waals surface area contributed by atoms with E-state index in [0.29, 0.717) is 16.6 Å². The Balaban J connectivity index is 1.50. The summed E-state index contributed by atoms with van der Waals surface area (Å²) in [5.41, 5.74) is 1.70. The third kappa shape index (κ3) is 2.85. The maximum atomic E-state index is 12.4. The van der Waals surface area contributed by atoms with Crippen LogP contribution in [0.15, 0.2) is 53.5 Å². The van der Waals surface area contributed by atoms with Crippen molar-refractivity contribution in [1.82, 2.24) is 25.2 Å². The molecule has 0 aliphatic heterocycles. The molecule has 25 heavy (non-hydrogen) atoms. The minimum absolute atomic E-state index is 0.109. The Morgan fingerprint density at radius 1 is 1.16 bits per heavy atom. The van der Waals surface area contributed by atoms with Crippen LogP contribution in [0.4, 0.5) is 5.69 Å². The number of benzene rings is 2. The Hall–Kier alpha value is -3.55. The SMILES string of the molecule is O=C(CCn1nnc2ccccc2c1=O)Nc1cccc2cn[nH]c12. The van der Waals surface area contributed by atoms with Gasteiger partial charge in [-0.1, -0.05) is 29.5 Å². The molecule has 0 atom stereocenters. The quantitative estimate of drug-likeness (QED) is 0.591. The fraction of sp³-hybridized carbons (Fsp3) is 0.118. The van der Waals surface area contributed by atoms with E-state index < -0.39 is 0 Å². The lowest BCUT2D eigenvalue weighted by Crippen LogP contribution is -2.26. The van der Waals surface area contributed by atoms with E-state index in [1.165, 1.54) is 4.68 Å².